The maximum Gasteiger partial charge on any atom is 0.140 e. The molecule has 0 aliphatic rings. The zero-order valence-electron chi connectivity index (χ0n) is 10.6. The van der Waals surface area contributed by atoms with Gasteiger partial charge in [-0.3, -0.25) is 4.90 Å². The maximum atomic E-state index is 9.79. The number of aliphatic hydroxyl groups is 1. The number of likely N-dealkylation sites (N-methyl/N-ethyl adjacent to an activating group) is 1. The Morgan fingerprint density at radius 3 is 2.76 bits per heavy atom. The van der Waals surface area contributed by atoms with E-state index in [1.54, 1.807) is 26.1 Å². The first-order valence-corrected chi connectivity index (χ1v) is 5.74. The molecule has 0 unspecified atom stereocenters. The van der Waals surface area contributed by atoms with Crippen LogP contribution in [0.3, 0.4) is 0 Å². The van der Waals surface area contributed by atoms with Crippen molar-refractivity contribution in [3.63, 3.8) is 0 Å². The molecule has 1 heterocycles. The van der Waals surface area contributed by atoms with Crippen molar-refractivity contribution in [1.29, 1.82) is 5.26 Å². The molecule has 0 saturated heterocycles. The minimum Gasteiger partial charge on any atom is -0.389 e. The van der Waals surface area contributed by atoms with E-state index in [9.17, 15) is 5.11 Å². The summed E-state index contributed by atoms with van der Waals surface area (Å²) in [6, 6.07) is 5.71. The maximum absolute atomic E-state index is 9.79. The minimum absolute atomic E-state index is 0.432. The largest absolute Gasteiger partial charge is 0.389 e. The van der Waals surface area contributed by atoms with Gasteiger partial charge in [0.1, 0.15) is 11.8 Å². The predicted octanol–water partition coefficient (Wildman–Crippen LogP) is 1.55. The first-order chi connectivity index (χ1) is 7.94. The minimum atomic E-state index is -0.707. The number of aromatic nitrogens is 1. The molecule has 0 radical (unpaired) electrons. The number of hydrogen-bond acceptors (Lipinski definition) is 4. The van der Waals surface area contributed by atoms with Crippen LogP contribution in [0.15, 0.2) is 18.3 Å². The fourth-order valence-electron chi connectivity index (χ4n) is 1.72. The Balaban J connectivity index is 2.71. The van der Waals surface area contributed by atoms with Gasteiger partial charge in [-0.1, -0.05) is 6.92 Å². The average molecular weight is 233 g/mol. The number of hydrogen-bond donors (Lipinski definition) is 1. The second-order valence-electron chi connectivity index (χ2n) is 4.78. The summed E-state index contributed by atoms with van der Waals surface area (Å²) in [4.78, 5) is 6.07. The molecular formula is C13H19N3O. The lowest BCUT2D eigenvalue weighted by Gasteiger charge is -2.27. The van der Waals surface area contributed by atoms with Crippen LogP contribution in [-0.4, -0.2) is 33.7 Å². The van der Waals surface area contributed by atoms with Crippen molar-refractivity contribution in [2.75, 3.05) is 13.1 Å². The topological polar surface area (TPSA) is 60.2 Å². The molecular weight excluding hydrogens is 214 g/mol. The van der Waals surface area contributed by atoms with E-state index in [-0.39, 0.29) is 0 Å². The molecule has 4 heteroatoms. The molecule has 0 aliphatic carbocycles. The predicted molar refractivity (Wildman–Crippen MR) is 66.2 cm³/mol. The molecule has 0 aliphatic heterocycles. The summed E-state index contributed by atoms with van der Waals surface area (Å²) in [6.07, 6.45) is 1.64. The second kappa shape index (κ2) is 5.76. The lowest BCUT2D eigenvalue weighted by Crippen LogP contribution is -2.38. The summed E-state index contributed by atoms with van der Waals surface area (Å²) in [5.41, 5.74) is 0.769. The Morgan fingerprint density at radius 1 is 1.53 bits per heavy atom. The van der Waals surface area contributed by atoms with Gasteiger partial charge < -0.3 is 5.11 Å². The lowest BCUT2D eigenvalue weighted by molar-refractivity contribution is 0.0353. The summed E-state index contributed by atoms with van der Waals surface area (Å²) >= 11 is 0. The zero-order valence-corrected chi connectivity index (χ0v) is 10.6. The molecule has 17 heavy (non-hydrogen) atoms. The number of rotatable bonds is 5. The summed E-state index contributed by atoms with van der Waals surface area (Å²) < 4.78 is 0. The molecule has 0 saturated carbocycles. The summed E-state index contributed by atoms with van der Waals surface area (Å²) in [5, 5.41) is 18.6. The van der Waals surface area contributed by atoms with E-state index < -0.39 is 5.60 Å². The van der Waals surface area contributed by atoms with Gasteiger partial charge in [-0.05, 0) is 38.1 Å². The quantitative estimate of drug-likeness (QED) is 0.838. The standard InChI is InChI=1S/C13H19N3O/c1-4-16(10-13(2,3)17)9-11-5-6-15-12(7-11)8-14/h5-7,17H,4,9-10H2,1-3H3. The van der Waals surface area contributed by atoms with Crippen molar-refractivity contribution < 1.29 is 5.11 Å². The summed E-state index contributed by atoms with van der Waals surface area (Å²) in [6.45, 7) is 7.82. The van der Waals surface area contributed by atoms with E-state index in [0.717, 1.165) is 18.7 Å². The fourth-order valence-corrected chi connectivity index (χ4v) is 1.72. The van der Waals surface area contributed by atoms with Gasteiger partial charge in [0.05, 0.1) is 5.60 Å². The number of nitriles is 1. The van der Waals surface area contributed by atoms with Crippen LogP contribution in [0.25, 0.3) is 0 Å². The highest BCUT2D eigenvalue weighted by Crippen LogP contribution is 2.10. The van der Waals surface area contributed by atoms with Gasteiger partial charge in [0.15, 0.2) is 0 Å². The Labute approximate surface area is 103 Å². The van der Waals surface area contributed by atoms with Crippen LogP contribution in [0.4, 0.5) is 0 Å². The lowest BCUT2D eigenvalue weighted by atomic mass is 10.1. The van der Waals surface area contributed by atoms with Gasteiger partial charge in [0, 0.05) is 19.3 Å². The van der Waals surface area contributed by atoms with E-state index in [1.165, 1.54) is 0 Å². The molecule has 1 rings (SSSR count). The molecule has 4 nitrogen and oxygen atoms in total. The first kappa shape index (κ1) is 13.6. The van der Waals surface area contributed by atoms with Gasteiger partial charge in [0.25, 0.3) is 0 Å². The SMILES string of the molecule is CCN(Cc1ccnc(C#N)c1)CC(C)(C)O. The normalized spacial score (nSPS) is 11.5. The van der Waals surface area contributed by atoms with Gasteiger partial charge in [0.2, 0.25) is 0 Å². The molecule has 0 amide bonds. The Morgan fingerprint density at radius 2 is 2.24 bits per heavy atom. The van der Waals surface area contributed by atoms with Crippen molar-refractivity contribution in [1.82, 2.24) is 9.88 Å². The highest BCUT2D eigenvalue weighted by atomic mass is 16.3. The Bertz CT molecular complexity index is 404. The highest BCUT2D eigenvalue weighted by Gasteiger charge is 2.17. The van der Waals surface area contributed by atoms with E-state index in [4.69, 9.17) is 5.26 Å². The number of pyridine rings is 1. The molecule has 0 spiro atoms. The van der Waals surface area contributed by atoms with Crippen LogP contribution >= 0.6 is 0 Å². The molecule has 92 valence electrons. The third-order valence-electron chi connectivity index (χ3n) is 2.40. The zero-order chi connectivity index (χ0) is 12.9. The van der Waals surface area contributed by atoms with Gasteiger partial charge in [-0.15, -0.1) is 0 Å². The van der Waals surface area contributed by atoms with Crippen molar-refractivity contribution in [3.8, 4) is 6.07 Å². The second-order valence-corrected chi connectivity index (χ2v) is 4.78. The molecule has 0 fully saturated rings. The van der Waals surface area contributed by atoms with Crippen LogP contribution in [0.1, 0.15) is 32.0 Å². The Kier molecular flexibility index (Phi) is 4.62. The van der Waals surface area contributed by atoms with Crippen molar-refractivity contribution >= 4 is 0 Å². The van der Waals surface area contributed by atoms with E-state index in [0.29, 0.717) is 12.2 Å². The molecule has 0 atom stereocenters. The molecule has 1 N–H and O–H groups in total. The average Bonchev–Trinajstić information content (AvgIpc) is 2.26. The molecule has 0 bridgehead atoms. The van der Waals surface area contributed by atoms with Gasteiger partial charge in [-0.25, -0.2) is 4.98 Å². The van der Waals surface area contributed by atoms with Gasteiger partial charge >= 0.3 is 0 Å². The van der Waals surface area contributed by atoms with E-state index in [2.05, 4.69) is 16.8 Å². The van der Waals surface area contributed by atoms with Crippen LogP contribution in [0.2, 0.25) is 0 Å². The third kappa shape index (κ3) is 4.94. The Hall–Kier alpha value is -1.44. The van der Waals surface area contributed by atoms with Crippen molar-refractivity contribution in [3.05, 3.63) is 29.6 Å². The third-order valence-corrected chi connectivity index (χ3v) is 2.40. The molecule has 0 aromatic carbocycles. The van der Waals surface area contributed by atoms with Crippen molar-refractivity contribution in [2.45, 2.75) is 32.9 Å². The molecule has 1 aromatic rings. The van der Waals surface area contributed by atoms with Crippen LogP contribution in [0.5, 0.6) is 0 Å². The first-order valence-electron chi connectivity index (χ1n) is 5.74. The molecule has 1 aromatic heterocycles. The van der Waals surface area contributed by atoms with Crippen molar-refractivity contribution in [2.24, 2.45) is 0 Å². The van der Waals surface area contributed by atoms with Crippen LogP contribution < -0.4 is 0 Å². The highest BCUT2D eigenvalue weighted by molar-refractivity contribution is 5.25. The van der Waals surface area contributed by atoms with Crippen LogP contribution in [0, 0.1) is 11.3 Å². The smallest absolute Gasteiger partial charge is 0.140 e. The summed E-state index contributed by atoms with van der Waals surface area (Å²) in [7, 11) is 0. The fraction of sp³-hybridized carbons (Fsp3) is 0.538. The summed E-state index contributed by atoms with van der Waals surface area (Å²) in [5.74, 6) is 0. The van der Waals surface area contributed by atoms with Gasteiger partial charge in [-0.2, -0.15) is 5.26 Å². The van der Waals surface area contributed by atoms with E-state index >= 15 is 0 Å². The van der Waals surface area contributed by atoms with Crippen LogP contribution in [-0.2, 0) is 6.54 Å². The number of nitrogens with zero attached hydrogens (tertiary/aromatic N) is 3. The van der Waals surface area contributed by atoms with E-state index in [1.807, 2.05) is 12.1 Å². The monoisotopic (exact) mass is 233 g/mol.